The van der Waals surface area contributed by atoms with Crippen LogP contribution in [-0.4, -0.2) is 0 Å². The predicted molar refractivity (Wildman–Crippen MR) is 210 cm³/mol. The summed E-state index contributed by atoms with van der Waals surface area (Å²) in [4.78, 5) is 0. The molecule has 4 heterocycles. The molecule has 0 spiro atoms. The molecule has 0 unspecified atom stereocenters. The second kappa shape index (κ2) is 9.63. The van der Waals surface area contributed by atoms with Gasteiger partial charge in [0.1, 0.15) is 33.5 Å². The van der Waals surface area contributed by atoms with Crippen LogP contribution >= 0.6 is 11.3 Å². The minimum atomic E-state index is 0.839. The van der Waals surface area contributed by atoms with Crippen LogP contribution in [0.2, 0.25) is 0 Å². The quantitative estimate of drug-likeness (QED) is 0.174. The molecule has 0 aliphatic heterocycles. The van der Waals surface area contributed by atoms with Gasteiger partial charge < -0.3 is 13.3 Å². The maximum atomic E-state index is 6.58. The first-order chi connectivity index (χ1) is 24.8. The summed E-state index contributed by atoms with van der Waals surface area (Å²) in [6, 6.07) is 49.8. The van der Waals surface area contributed by atoms with Crippen LogP contribution < -0.4 is 0 Å². The zero-order chi connectivity index (χ0) is 32.5. The Bertz CT molecular complexity index is 3330. The van der Waals surface area contributed by atoms with Crippen LogP contribution in [0.4, 0.5) is 0 Å². The number of para-hydroxylation sites is 1. The van der Waals surface area contributed by atoms with Gasteiger partial charge in [-0.3, -0.25) is 0 Å². The smallest absolute Gasteiger partial charge is 0.147 e. The molecule has 0 aliphatic carbocycles. The predicted octanol–water partition coefficient (Wildman–Crippen LogP) is 14.2. The number of rotatable bonds is 2. The van der Waals surface area contributed by atoms with Gasteiger partial charge in [-0.05, 0) is 115 Å². The minimum Gasteiger partial charge on any atom is -0.456 e. The fraction of sp³-hybridized carbons (Fsp3) is 0. The van der Waals surface area contributed by atoms with Gasteiger partial charge >= 0.3 is 0 Å². The standard InChI is InChI=1S/C46H24O3S/c1-3-9-30-28(7-1)41(26-15-18-37-35(23-26)32-17-20-38-43(45(32)49-37)33-11-5-6-12-36(33)47-38)29-8-2-4-10-31(29)42(30)27-13-16-34-40(24-27)48-39-19-14-25-21-22-50-46(25)44(34)39/h1-24H. The van der Waals surface area contributed by atoms with Gasteiger partial charge in [-0.1, -0.05) is 78.9 Å². The van der Waals surface area contributed by atoms with Gasteiger partial charge in [-0.25, -0.2) is 0 Å². The zero-order valence-corrected chi connectivity index (χ0v) is 27.3. The second-order valence-electron chi connectivity index (χ2n) is 13.2. The Morgan fingerprint density at radius 3 is 1.70 bits per heavy atom. The van der Waals surface area contributed by atoms with Crippen molar-refractivity contribution < 1.29 is 13.3 Å². The maximum absolute atomic E-state index is 6.58. The summed E-state index contributed by atoms with van der Waals surface area (Å²) in [5.74, 6) is 0. The summed E-state index contributed by atoms with van der Waals surface area (Å²) in [5.41, 5.74) is 10.0. The Hall–Kier alpha value is -6.36. The molecule has 0 N–H and O–H groups in total. The van der Waals surface area contributed by atoms with E-state index < -0.39 is 0 Å². The highest BCUT2D eigenvalue weighted by atomic mass is 32.1. The van der Waals surface area contributed by atoms with Crippen molar-refractivity contribution in [3.8, 4) is 22.3 Å². The molecule has 12 rings (SSSR count). The Balaban J connectivity index is 1.12. The van der Waals surface area contributed by atoms with Crippen molar-refractivity contribution in [2.45, 2.75) is 0 Å². The molecular formula is C46H24O3S. The number of hydrogen-bond acceptors (Lipinski definition) is 4. The van der Waals surface area contributed by atoms with Gasteiger partial charge in [-0.15, -0.1) is 11.3 Å². The molecule has 4 aromatic heterocycles. The SMILES string of the molecule is c1ccc2c(c1)oc1ccc3c4cc(-c5c6ccccc6c(-c6ccc7c(c6)oc6ccc8ccsc8c67)c6ccccc56)ccc4oc3c12. The zero-order valence-electron chi connectivity index (χ0n) is 26.5. The molecule has 8 aromatic carbocycles. The number of hydrogen-bond donors (Lipinski definition) is 0. The average molecular weight is 657 g/mol. The first kappa shape index (κ1) is 26.6. The van der Waals surface area contributed by atoms with E-state index in [0.29, 0.717) is 0 Å². The summed E-state index contributed by atoms with van der Waals surface area (Å²) < 4.78 is 20.6. The van der Waals surface area contributed by atoms with Gasteiger partial charge in [0.25, 0.3) is 0 Å². The summed E-state index contributed by atoms with van der Waals surface area (Å²) >= 11 is 1.77. The maximum Gasteiger partial charge on any atom is 0.147 e. The van der Waals surface area contributed by atoms with Crippen molar-refractivity contribution in [2.75, 3.05) is 0 Å². The molecule has 0 aliphatic rings. The third-order valence-electron chi connectivity index (χ3n) is 10.5. The topological polar surface area (TPSA) is 39.4 Å². The number of furan rings is 3. The molecule has 4 heteroatoms. The van der Waals surface area contributed by atoms with E-state index in [1.807, 2.05) is 18.2 Å². The molecule has 50 heavy (non-hydrogen) atoms. The van der Waals surface area contributed by atoms with E-state index in [1.165, 1.54) is 48.1 Å². The van der Waals surface area contributed by atoms with Crippen molar-refractivity contribution in [3.05, 3.63) is 145 Å². The number of thiophene rings is 1. The van der Waals surface area contributed by atoms with Crippen LogP contribution in [0, 0.1) is 0 Å². The Morgan fingerprint density at radius 2 is 0.920 bits per heavy atom. The number of fused-ring (bicyclic) bond motifs is 14. The van der Waals surface area contributed by atoms with Gasteiger partial charge in [0.15, 0.2) is 0 Å². The van der Waals surface area contributed by atoms with Gasteiger partial charge in [0, 0.05) is 31.6 Å². The van der Waals surface area contributed by atoms with Crippen LogP contribution in [0.15, 0.2) is 158 Å². The largest absolute Gasteiger partial charge is 0.456 e. The molecule has 0 amide bonds. The fourth-order valence-electron chi connectivity index (χ4n) is 8.39. The Morgan fingerprint density at radius 1 is 0.360 bits per heavy atom. The van der Waals surface area contributed by atoms with Gasteiger partial charge in [-0.2, -0.15) is 0 Å². The van der Waals surface area contributed by atoms with Crippen molar-refractivity contribution in [2.24, 2.45) is 0 Å². The van der Waals surface area contributed by atoms with Crippen molar-refractivity contribution >= 4 is 109 Å². The van der Waals surface area contributed by atoms with Crippen LogP contribution in [0.25, 0.3) is 120 Å². The lowest BCUT2D eigenvalue weighted by Gasteiger charge is -2.17. The van der Waals surface area contributed by atoms with E-state index in [9.17, 15) is 0 Å². The van der Waals surface area contributed by atoms with Gasteiger partial charge in [0.2, 0.25) is 0 Å². The van der Waals surface area contributed by atoms with Crippen molar-refractivity contribution in [1.82, 2.24) is 0 Å². The van der Waals surface area contributed by atoms with E-state index >= 15 is 0 Å². The third-order valence-corrected chi connectivity index (χ3v) is 11.5. The summed E-state index contributed by atoms with van der Waals surface area (Å²) in [6.45, 7) is 0. The lowest BCUT2D eigenvalue weighted by atomic mass is 9.85. The average Bonchev–Trinajstić information content (AvgIpc) is 3.95. The molecule has 0 bridgehead atoms. The molecule has 232 valence electrons. The Kier molecular flexibility index (Phi) is 5.12. The normalized spacial score (nSPS) is 12.4. The molecule has 0 saturated carbocycles. The lowest BCUT2D eigenvalue weighted by molar-refractivity contribution is 0.663. The molecular weight excluding hydrogens is 633 g/mol. The Labute approximate surface area is 288 Å². The van der Waals surface area contributed by atoms with E-state index in [1.54, 1.807) is 11.3 Å². The van der Waals surface area contributed by atoms with E-state index in [4.69, 9.17) is 13.3 Å². The lowest BCUT2D eigenvalue weighted by Crippen LogP contribution is -1.90. The summed E-state index contributed by atoms with van der Waals surface area (Å²) in [5, 5.41) is 14.9. The monoisotopic (exact) mass is 656 g/mol. The van der Waals surface area contributed by atoms with Crippen LogP contribution in [0.1, 0.15) is 0 Å². The molecule has 0 fully saturated rings. The first-order valence-corrected chi connectivity index (χ1v) is 17.7. The van der Waals surface area contributed by atoms with Crippen LogP contribution in [0.5, 0.6) is 0 Å². The highest BCUT2D eigenvalue weighted by molar-refractivity contribution is 7.18. The third kappa shape index (κ3) is 3.48. The van der Waals surface area contributed by atoms with Gasteiger partial charge in [0.05, 0.1) is 5.39 Å². The molecule has 12 aromatic rings. The van der Waals surface area contributed by atoms with E-state index in [-0.39, 0.29) is 0 Å². The first-order valence-electron chi connectivity index (χ1n) is 16.8. The van der Waals surface area contributed by atoms with Crippen LogP contribution in [0.3, 0.4) is 0 Å². The fourth-order valence-corrected chi connectivity index (χ4v) is 9.34. The van der Waals surface area contributed by atoms with E-state index in [2.05, 4.69) is 127 Å². The summed E-state index contributed by atoms with van der Waals surface area (Å²) in [7, 11) is 0. The van der Waals surface area contributed by atoms with Crippen LogP contribution in [-0.2, 0) is 0 Å². The summed E-state index contributed by atoms with van der Waals surface area (Å²) in [6.07, 6.45) is 0. The second-order valence-corrected chi connectivity index (χ2v) is 14.1. The van der Waals surface area contributed by atoms with E-state index in [0.717, 1.165) is 71.6 Å². The molecule has 0 radical (unpaired) electrons. The van der Waals surface area contributed by atoms with Crippen molar-refractivity contribution in [1.29, 1.82) is 0 Å². The minimum absolute atomic E-state index is 0.839. The highest BCUT2D eigenvalue weighted by Crippen LogP contribution is 2.47. The molecule has 0 saturated heterocycles. The number of benzene rings is 8. The van der Waals surface area contributed by atoms with Crippen molar-refractivity contribution in [3.63, 3.8) is 0 Å². The highest BCUT2D eigenvalue weighted by Gasteiger charge is 2.21. The molecule has 0 atom stereocenters. The molecule has 3 nitrogen and oxygen atoms in total.